The van der Waals surface area contributed by atoms with Gasteiger partial charge in [-0.25, -0.2) is 4.98 Å². The fourth-order valence-corrected chi connectivity index (χ4v) is 6.04. The topological polar surface area (TPSA) is 284 Å². The van der Waals surface area contributed by atoms with Crippen LogP contribution in [0.2, 0.25) is 0 Å². The average Bonchev–Trinajstić information content (AvgIpc) is 3.79. The molecule has 1 aliphatic carbocycles. The van der Waals surface area contributed by atoms with Gasteiger partial charge >= 0.3 is 0 Å². The zero-order valence-electron chi connectivity index (χ0n) is 30.3. The summed E-state index contributed by atoms with van der Waals surface area (Å²) in [6.45, 7) is 3.85. The van der Waals surface area contributed by atoms with Crippen LogP contribution < -0.4 is 48.7 Å². The number of rotatable bonds is 21. The Hall–Kier alpha value is -5.17. The molecule has 1 aliphatic heterocycles. The highest BCUT2D eigenvalue weighted by Crippen LogP contribution is 2.29. The third-order valence-corrected chi connectivity index (χ3v) is 9.23. The zero-order chi connectivity index (χ0) is 39.1. The van der Waals surface area contributed by atoms with Gasteiger partial charge in [0, 0.05) is 24.2 Å². The molecule has 7 amide bonds. The van der Waals surface area contributed by atoms with Crippen molar-refractivity contribution in [3.05, 3.63) is 54.3 Å². The summed E-state index contributed by atoms with van der Waals surface area (Å²) in [5.41, 5.74) is 13.0. The van der Waals surface area contributed by atoms with Crippen LogP contribution in [0.3, 0.4) is 0 Å². The van der Waals surface area contributed by atoms with E-state index in [-0.39, 0.29) is 18.4 Å². The first kappa shape index (κ1) is 42.2. The highest BCUT2D eigenvalue weighted by molar-refractivity contribution is 7.98. The van der Waals surface area contributed by atoms with Gasteiger partial charge in [0.05, 0.1) is 31.5 Å². The molecule has 18 nitrogen and oxygen atoms in total. The highest BCUT2D eigenvalue weighted by Gasteiger charge is 2.31. The molecular formula is C34H51N11O7S. The monoisotopic (exact) mass is 757 g/mol. The molecule has 0 saturated heterocycles. The van der Waals surface area contributed by atoms with Crippen molar-refractivity contribution < 1.29 is 33.6 Å². The SMILES string of the molecule is CSCC[C@H](NC(=O)[C@@H](C)NC(=O)[C@H](Cc1cnc[nH]1)NC(=O)CNC(=O)[C@@H](NC(=O)CNC(=O)C(N)CC1=CN[C@@H]2C=CC=CC12)C(C)C)C(N)=O. The van der Waals surface area contributed by atoms with Crippen LogP contribution in [0.1, 0.15) is 39.3 Å². The Balaban J connectivity index is 1.50. The van der Waals surface area contributed by atoms with Crippen LogP contribution in [0.4, 0.5) is 0 Å². The number of nitrogens with zero attached hydrogens (tertiary/aromatic N) is 1. The van der Waals surface area contributed by atoms with Crippen LogP contribution >= 0.6 is 11.8 Å². The maximum atomic E-state index is 13.2. The van der Waals surface area contributed by atoms with Crippen LogP contribution in [0.25, 0.3) is 0 Å². The van der Waals surface area contributed by atoms with Gasteiger partial charge in [0.2, 0.25) is 41.4 Å². The van der Waals surface area contributed by atoms with Gasteiger partial charge in [-0.1, -0.05) is 38.2 Å². The fraction of sp³-hybridized carbons (Fsp3) is 0.529. The molecule has 290 valence electrons. The van der Waals surface area contributed by atoms with Crippen LogP contribution in [0.5, 0.6) is 0 Å². The summed E-state index contributed by atoms with van der Waals surface area (Å²) in [6.07, 6.45) is 15.1. The number of hydrogen-bond donors (Lipinski definition) is 10. The molecule has 2 unspecified atom stereocenters. The number of fused-ring (bicyclic) bond motifs is 1. The van der Waals surface area contributed by atoms with E-state index in [4.69, 9.17) is 11.5 Å². The van der Waals surface area contributed by atoms with Gasteiger partial charge in [-0.3, -0.25) is 33.6 Å². The second kappa shape index (κ2) is 20.8. The van der Waals surface area contributed by atoms with Gasteiger partial charge in [-0.2, -0.15) is 11.8 Å². The van der Waals surface area contributed by atoms with E-state index in [0.717, 1.165) is 5.57 Å². The Morgan fingerprint density at radius 1 is 0.849 bits per heavy atom. The van der Waals surface area contributed by atoms with E-state index in [0.29, 0.717) is 24.3 Å². The summed E-state index contributed by atoms with van der Waals surface area (Å²) in [7, 11) is 0. The number of aromatic nitrogens is 2. The molecule has 0 saturated carbocycles. The normalized spacial score (nSPS) is 18.6. The Morgan fingerprint density at radius 2 is 1.53 bits per heavy atom. The zero-order valence-corrected chi connectivity index (χ0v) is 31.1. The van der Waals surface area contributed by atoms with Gasteiger partial charge in [-0.15, -0.1) is 0 Å². The second-order valence-corrected chi connectivity index (χ2v) is 14.1. The lowest BCUT2D eigenvalue weighted by atomic mass is 9.88. The number of aromatic amines is 1. The average molecular weight is 758 g/mol. The standard InChI is InChI=1S/C34H51N11O7S/c1-18(2)29(45-28(47)16-39-32(50)23(35)11-20-13-38-24-8-6-5-7-22(20)24)34(52)40-15-27(46)43-26(12-21-14-37-17-41-21)33(51)42-19(3)31(49)44-25(30(36)48)9-10-53-4/h5-8,13-14,17-19,22-26,29,38H,9-12,15-16,35H2,1-4H3,(H2,36,48)(H,37,41)(H,39,50)(H,40,52)(H,42,51)(H,43,46)(H,44,49)(H,45,47)/t19-,22?,23?,24-,25+,26+,29+/m1/s1. The molecule has 12 N–H and O–H groups in total. The van der Waals surface area contributed by atoms with Crippen LogP contribution in [-0.4, -0.2) is 113 Å². The first-order chi connectivity index (χ1) is 25.2. The number of carbonyl (C=O) groups is 7. The quantitative estimate of drug-likeness (QED) is 0.0618. The molecule has 0 fully saturated rings. The molecule has 0 spiro atoms. The molecule has 0 bridgehead atoms. The van der Waals surface area contributed by atoms with E-state index in [1.54, 1.807) is 13.8 Å². The van der Waals surface area contributed by atoms with Crippen LogP contribution in [0.15, 0.2) is 48.6 Å². The summed E-state index contributed by atoms with van der Waals surface area (Å²) in [6, 6.07) is -5.01. The predicted octanol–water partition coefficient (Wildman–Crippen LogP) is -2.65. The van der Waals surface area contributed by atoms with Gasteiger partial charge < -0.3 is 53.7 Å². The van der Waals surface area contributed by atoms with E-state index in [9.17, 15) is 33.6 Å². The van der Waals surface area contributed by atoms with E-state index < -0.39 is 90.6 Å². The summed E-state index contributed by atoms with van der Waals surface area (Å²) in [4.78, 5) is 96.0. The number of imidazole rings is 1. The van der Waals surface area contributed by atoms with Crippen molar-refractivity contribution in [1.29, 1.82) is 0 Å². The van der Waals surface area contributed by atoms with Crippen molar-refractivity contribution in [2.75, 3.05) is 25.1 Å². The minimum Gasteiger partial charge on any atom is -0.384 e. The Kier molecular flexibility index (Phi) is 16.5. The molecule has 3 rings (SSSR count). The molecule has 0 radical (unpaired) electrons. The number of carbonyl (C=O) groups excluding carboxylic acids is 7. The minimum atomic E-state index is -1.19. The van der Waals surface area contributed by atoms with Crippen molar-refractivity contribution in [2.45, 2.75) is 76.3 Å². The van der Waals surface area contributed by atoms with Crippen LogP contribution in [-0.2, 0) is 40.0 Å². The van der Waals surface area contributed by atoms with Crippen molar-refractivity contribution in [2.24, 2.45) is 23.3 Å². The number of nitrogens with two attached hydrogens (primary N) is 2. The summed E-state index contributed by atoms with van der Waals surface area (Å²) in [5, 5.41) is 18.4. The van der Waals surface area contributed by atoms with Gasteiger partial charge in [0.15, 0.2) is 0 Å². The highest BCUT2D eigenvalue weighted by atomic mass is 32.2. The molecule has 2 aliphatic rings. The summed E-state index contributed by atoms with van der Waals surface area (Å²) in [5.74, 6) is -4.31. The fourth-order valence-electron chi connectivity index (χ4n) is 5.57. The van der Waals surface area contributed by atoms with Crippen molar-refractivity contribution in [3.63, 3.8) is 0 Å². The third kappa shape index (κ3) is 13.4. The van der Waals surface area contributed by atoms with E-state index >= 15 is 0 Å². The van der Waals surface area contributed by atoms with Gasteiger partial charge in [0.1, 0.15) is 24.2 Å². The molecule has 1 aromatic heterocycles. The lowest BCUT2D eigenvalue weighted by molar-refractivity contribution is -0.133. The number of hydrogen-bond acceptors (Lipinski definition) is 11. The van der Waals surface area contributed by atoms with Crippen molar-refractivity contribution >= 4 is 53.1 Å². The minimum absolute atomic E-state index is 0.0263. The molecule has 2 heterocycles. The molecule has 1 aromatic rings. The summed E-state index contributed by atoms with van der Waals surface area (Å²) >= 11 is 1.48. The lowest BCUT2D eigenvalue weighted by Gasteiger charge is -2.24. The maximum Gasteiger partial charge on any atom is 0.243 e. The smallest absolute Gasteiger partial charge is 0.243 e. The lowest BCUT2D eigenvalue weighted by Crippen LogP contribution is -2.57. The van der Waals surface area contributed by atoms with Gasteiger partial charge in [0.25, 0.3) is 0 Å². The van der Waals surface area contributed by atoms with Crippen molar-refractivity contribution in [1.82, 2.24) is 47.2 Å². The maximum absolute atomic E-state index is 13.2. The van der Waals surface area contributed by atoms with Gasteiger partial charge in [-0.05, 0) is 49.5 Å². The molecule has 7 atom stereocenters. The van der Waals surface area contributed by atoms with E-state index in [1.165, 1.54) is 31.2 Å². The van der Waals surface area contributed by atoms with Crippen molar-refractivity contribution in [3.8, 4) is 0 Å². The van der Waals surface area contributed by atoms with E-state index in [2.05, 4.69) is 47.2 Å². The number of allylic oxidation sites excluding steroid dienone is 2. The Labute approximate surface area is 312 Å². The number of thioether (sulfide) groups is 1. The largest absolute Gasteiger partial charge is 0.384 e. The Morgan fingerprint density at radius 3 is 2.17 bits per heavy atom. The van der Waals surface area contributed by atoms with Crippen LogP contribution in [0, 0.1) is 11.8 Å². The number of primary amides is 1. The first-order valence-electron chi connectivity index (χ1n) is 17.3. The molecule has 19 heteroatoms. The molecular weight excluding hydrogens is 707 g/mol. The number of H-pyrrole nitrogens is 1. The molecule has 53 heavy (non-hydrogen) atoms. The van der Waals surface area contributed by atoms with E-state index in [1.807, 2.05) is 36.8 Å². The molecule has 0 aromatic carbocycles. The third-order valence-electron chi connectivity index (χ3n) is 8.58. The summed E-state index contributed by atoms with van der Waals surface area (Å²) < 4.78 is 0. The predicted molar refractivity (Wildman–Crippen MR) is 198 cm³/mol. The number of amides is 7. The number of nitrogens with one attached hydrogen (secondary N) is 8. The first-order valence-corrected chi connectivity index (χ1v) is 18.6. The Bertz CT molecular complexity index is 1560. The second-order valence-electron chi connectivity index (χ2n) is 13.1.